The molecule has 1 rings (SSSR count). The van der Waals surface area contributed by atoms with Crippen molar-refractivity contribution < 1.29 is 69.1 Å². The maximum atomic E-state index is 10.6. The van der Waals surface area contributed by atoms with Crippen LogP contribution in [-0.4, -0.2) is 20.1 Å². The Morgan fingerprint density at radius 1 is 1.43 bits per heavy atom. The standard InChI is InChI=1S/C7H9NO4S.K/c1-12-6-4-5(8)2-3-7(6)13(9,10)11;/h2-4H,8H2,1H3,(H,9,10,11);/q;+1/p-1. The molecule has 0 amide bonds. The van der Waals surface area contributed by atoms with Gasteiger partial charge in [0, 0.05) is 11.8 Å². The fourth-order valence-electron chi connectivity index (χ4n) is 0.891. The molecule has 0 aliphatic heterocycles. The van der Waals surface area contributed by atoms with Crippen molar-refractivity contribution in [2.75, 3.05) is 12.8 Å². The third-order valence-corrected chi connectivity index (χ3v) is 2.33. The van der Waals surface area contributed by atoms with Gasteiger partial charge in [0.1, 0.15) is 15.9 Å². The molecule has 7 heteroatoms. The Morgan fingerprint density at radius 2 is 2.00 bits per heavy atom. The topological polar surface area (TPSA) is 92.5 Å². The number of benzene rings is 1. The van der Waals surface area contributed by atoms with Crippen LogP contribution in [-0.2, 0) is 10.1 Å². The summed E-state index contributed by atoms with van der Waals surface area (Å²) in [7, 11) is -3.23. The summed E-state index contributed by atoms with van der Waals surface area (Å²) >= 11 is 0. The predicted molar refractivity (Wildman–Crippen MR) is 45.4 cm³/mol. The van der Waals surface area contributed by atoms with Crippen LogP contribution in [0.2, 0.25) is 0 Å². The zero-order chi connectivity index (χ0) is 10.1. The smallest absolute Gasteiger partial charge is 0.744 e. The molecule has 0 spiro atoms. The molecule has 0 fully saturated rings. The molecule has 1 aromatic rings. The van der Waals surface area contributed by atoms with Gasteiger partial charge in [-0.25, -0.2) is 8.42 Å². The van der Waals surface area contributed by atoms with Gasteiger partial charge in [0.15, 0.2) is 0 Å². The summed E-state index contributed by atoms with van der Waals surface area (Å²) in [4.78, 5) is -0.399. The van der Waals surface area contributed by atoms with Gasteiger partial charge in [-0.05, 0) is 12.1 Å². The van der Waals surface area contributed by atoms with Crippen LogP contribution < -0.4 is 61.9 Å². The summed E-state index contributed by atoms with van der Waals surface area (Å²) in [6.45, 7) is 0. The summed E-state index contributed by atoms with van der Waals surface area (Å²) in [5.41, 5.74) is 5.71. The Kier molecular flexibility index (Phi) is 5.59. The second kappa shape index (κ2) is 5.45. The zero-order valence-electron chi connectivity index (χ0n) is 7.85. The number of ether oxygens (including phenoxy) is 1. The van der Waals surface area contributed by atoms with Crippen molar-refractivity contribution in [3.8, 4) is 5.75 Å². The molecular formula is C7H8KNO4S. The number of anilines is 1. The van der Waals surface area contributed by atoms with E-state index < -0.39 is 15.0 Å². The Bertz CT molecular complexity index is 418. The van der Waals surface area contributed by atoms with Crippen LogP contribution in [0.3, 0.4) is 0 Å². The Hall–Kier alpha value is 0.366. The molecule has 0 aromatic heterocycles. The summed E-state index contributed by atoms with van der Waals surface area (Å²) in [6, 6.07) is 3.73. The molecule has 0 aliphatic carbocycles. The van der Waals surface area contributed by atoms with Gasteiger partial charge >= 0.3 is 51.4 Å². The van der Waals surface area contributed by atoms with E-state index in [1.807, 2.05) is 0 Å². The van der Waals surface area contributed by atoms with Crippen LogP contribution in [0.15, 0.2) is 23.1 Å². The summed E-state index contributed by atoms with van der Waals surface area (Å²) in [5.74, 6) is -0.0324. The van der Waals surface area contributed by atoms with E-state index in [1.54, 1.807) is 0 Å². The van der Waals surface area contributed by atoms with Gasteiger partial charge < -0.3 is 15.0 Å². The molecule has 0 radical (unpaired) electrons. The minimum atomic E-state index is -4.49. The zero-order valence-corrected chi connectivity index (χ0v) is 11.8. The van der Waals surface area contributed by atoms with E-state index in [0.717, 1.165) is 6.07 Å². The van der Waals surface area contributed by atoms with E-state index in [1.165, 1.54) is 19.2 Å². The summed E-state index contributed by atoms with van der Waals surface area (Å²) < 4.78 is 36.6. The number of hydrogen-bond acceptors (Lipinski definition) is 5. The van der Waals surface area contributed by atoms with Crippen molar-refractivity contribution in [2.24, 2.45) is 0 Å². The van der Waals surface area contributed by atoms with E-state index >= 15 is 0 Å². The Morgan fingerprint density at radius 3 is 2.43 bits per heavy atom. The monoisotopic (exact) mass is 241 g/mol. The maximum Gasteiger partial charge on any atom is 1.00 e. The average molecular weight is 241 g/mol. The minimum Gasteiger partial charge on any atom is -0.744 e. The summed E-state index contributed by atoms with van der Waals surface area (Å²) in [5, 5.41) is 0. The molecular weight excluding hydrogens is 233 g/mol. The number of rotatable bonds is 2. The van der Waals surface area contributed by atoms with Gasteiger partial charge in [-0.1, -0.05) is 0 Å². The molecule has 72 valence electrons. The van der Waals surface area contributed by atoms with E-state index in [2.05, 4.69) is 0 Å². The van der Waals surface area contributed by atoms with Crippen molar-refractivity contribution in [1.29, 1.82) is 0 Å². The Labute approximate surface area is 125 Å². The van der Waals surface area contributed by atoms with E-state index in [-0.39, 0.29) is 57.1 Å². The van der Waals surface area contributed by atoms with Gasteiger partial charge in [-0.3, -0.25) is 0 Å². The molecule has 14 heavy (non-hydrogen) atoms. The van der Waals surface area contributed by atoms with E-state index in [0.29, 0.717) is 5.69 Å². The van der Waals surface area contributed by atoms with Crippen molar-refractivity contribution in [2.45, 2.75) is 4.90 Å². The van der Waals surface area contributed by atoms with Crippen LogP contribution >= 0.6 is 0 Å². The number of nitrogen functional groups attached to an aromatic ring is 1. The molecule has 0 heterocycles. The first-order valence-electron chi connectivity index (χ1n) is 3.34. The quantitative estimate of drug-likeness (QED) is 0.343. The molecule has 0 atom stereocenters. The first-order valence-corrected chi connectivity index (χ1v) is 4.75. The van der Waals surface area contributed by atoms with Gasteiger partial charge in [-0.2, -0.15) is 0 Å². The first kappa shape index (κ1) is 14.4. The van der Waals surface area contributed by atoms with Crippen molar-refractivity contribution in [3.63, 3.8) is 0 Å². The van der Waals surface area contributed by atoms with E-state index in [4.69, 9.17) is 10.5 Å². The fraction of sp³-hybridized carbons (Fsp3) is 0.143. The predicted octanol–water partition coefficient (Wildman–Crippen LogP) is -2.81. The van der Waals surface area contributed by atoms with Crippen molar-refractivity contribution >= 4 is 15.8 Å². The minimum absolute atomic E-state index is 0. The van der Waals surface area contributed by atoms with E-state index in [9.17, 15) is 13.0 Å². The normalized spacial score (nSPS) is 10.4. The molecule has 0 unspecified atom stereocenters. The first-order chi connectivity index (χ1) is 5.95. The number of methoxy groups -OCH3 is 1. The molecule has 0 aliphatic rings. The molecule has 1 aromatic carbocycles. The molecule has 0 bridgehead atoms. The Balaban J connectivity index is 0.00000169. The van der Waals surface area contributed by atoms with Crippen LogP contribution in [0.25, 0.3) is 0 Å². The SMILES string of the molecule is COc1cc(N)ccc1S(=O)(=O)[O-].[K+]. The third kappa shape index (κ3) is 3.50. The van der Waals surface area contributed by atoms with Gasteiger partial charge in [0.05, 0.1) is 12.0 Å². The van der Waals surface area contributed by atoms with Crippen molar-refractivity contribution in [3.05, 3.63) is 18.2 Å². The van der Waals surface area contributed by atoms with Crippen LogP contribution in [0.5, 0.6) is 5.75 Å². The summed E-state index contributed by atoms with van der Waals surface area (Å²) in [6.07, 6.45) is 0. The van der Waals surface area contributed by atoms with Crippen LogP contribution in [0.1, 0.15) is 0 Å². The van der Waals surface area contributed by atoms with Gasteiger partial charge in [0.25, 0.3) is 0 Å². The van der Waals surface area contributed by atoms with Gasteiger partial charge in [-0.15, -0.1) is 0 Å². The van der Waals surface area contributed by atoms with Crippen LogP contribution in [0, 0.1) is 0 Å². The van der Waals surface area contributed by atoms with Crippen LogP contribution in [0.4, 0.5) is 5.69 Å². The average Bonchev–Trinajstić information content (AvgIpc) is 2.01. The largest absolute Gasteiger partial charge is 1.00 e. The second-order valence-corrected chi connectivity index (χ2v) is 3.71. The number of nitrogens with two attached hydrogens (primary N) is 1. The third-order valence-electron chi connectivity index (χ3n) is 1.46. The second-order valence-electron chi connectivity index (χ2n) is 2.36. The molecule has 2 N–H and O–H groups in total. The fourth-order valence-corrected chi connectivity index (χ4v) is 1.51. The van der Waals surface area contributed by atoms with Crippen molar-refractivity contribution in [1.82, 2.24) is 0 Å². The maximum absolute atomic E-state index is 10.6. The number of hydrogen-bond donors (Lipinski definition) is 1. The molecule has 0 saturated carbocycles. The molecule has 5 nitrogen and oxygen atoms in total. The van der Waals surface area contributed by atoms with Gasteiger partial charge in [0.2, 0.25) is 0 Å². The molecule has 0 saturated heterocycles.